The fourth-order valence-corrected chi connectivity index (χ4v) is 3.08. The number of carbonyl (C=O) groups is 1. The number of rotatable bonds is 6. The molecule has 0 saturated carbocycles. The van der Waals surface area contributed by atoms with Crippen LogP contribution in [-0.2, 0) is 27.6 Å². The summed E-state index contributed by atoms with van der Waals surface area (Å²) in [6.07, 6.45) is 3.59. The van der Waals surface area contributed by atoms with Crippen LogP contribution in [0.2, 0.25) is 0 Å². The number of sulfone groups is 1. The number of benzene rings is 1. The number of amides is 1. The van der Waals surface area contributed by atoms with Crippen molar-refractivity contribution < 1.29 is 13.2 Å². The van der Waals surface area contributed by atoms with Crippen LogP contribution < -0.4 is 5.32 Å². The van der Waals surface area contributed by atoms with Gasteiger partial charge in [0.1, 0.15) is 0 Å². The van der Waals surface area contributed by atoms with Crippen molar-refractivity contribution >= 4 is 15.7 Å². The fraction of sp³-hybridized carbons (Fsp3) is 0.294. The molecule has 2 aromatic rings. The lowest BCUT2D eigenvalue weighted by molar-refractivity contribution is -0.120. The second-order valence-corrected chi connectivity index (χ2v) is 8.06. The first-order valence-corrected chi connectivity index (χ1v) is 8.92. The molecule has 0 atom stereocenters. The van der Waals surface area contributed by atoms with Crippen molar-refractivity contribution in [1.82, 2.24) is 10.3 Å². The third kappa shape index (κ3) is 4.63. The Balaban J connectivity index is 1.94. The molecule has 0 radical (unpaired) electrons. The number of hydrogen-bond donors (Lipinski definition) is 1. The van der Waals surface area contributed by atoms with Gasteiger partial charge in [-0.25, -0.2) is 8.42 Å². The molecule has 1 N–H and O–H groups in total. The highest BCUT2D eigenvalue weighted by Gasteiger charge is 2.18. The van der Waals surface area contributed by atoms with Crippen molar-refractivity contribution in [1.29, 1.82) is 0 Å². The van der Waals surface area contributed by atoms with E-state index in [1.54, 1.807) is 50.5 Å². The van der Waals surface area contributed by atoms with E-state index in [4.69, 9.17) is 0 Å². The Morgan fingerprint density at radius 1 is 1.13 bits per heavy atom. The van der Waals surface area contributed by atoms with E-state index in [2.05, 4.69) is 10.3 Å². The van der Waals surface area contributed by atoms with Gasteiger partial charge in [0.05, 0.1) is 16.6 Å². The molecule has 0 unspecified atom stereocenters. The second kappa shape index (κ2) is 7.37. The van der Waals surface area contributed by atoms with Crippen molar-refractivity contribution in [3.05, 3.63) is 59.9 Å². The summed E-state index contributed by atoms with van der Waals surface area (Å²) < 4.78 is 24.1. The van der Waals surface area contributed by atoms with E-state index >= 15 is 0 Å². The summed E-state index contributed by atoms with van der Waals surface area (Å²) in [7, 11) is -3.28. The molecule has 1 heterocycles. The van der Waals surface area contributed by atoms with Gasteiger partial charge in [0.15, 0.2) is 9.84 Å². The van der Waals surface area contributed by atoms with Crippen LogP contribution in [0.15, 0.2) is 53.7 Å². The van der Waals surface area contributed by atoms with Crippen molar-refractivity contribution in [2.45, 2.75) is 37.0 Å². The molecule has 23 heavy (non-hydrogen) atoms. The van der Waals surface area contributed by atoms with E-state index in [1.165, 1.54) is 0 Å². The predicted octanol–water partition coefficient (Wildman–Crippen LogP) is 2.12. The van der Waals surface area contributed by atoms with Gasteiger partial charge < -0.3 is 5.32 Å². The molecule has 0 fully saturated rings. The maximum Gasteiger partial charge on any atom is 0.224 e. The van der Waals surface area contributed by atoms with E-state index in [0.29, 0.717) is 6.54 Å². The number of aromatic nitrogens is 1. The monoisotopic (exact) mass is 332 g/mol. The number of nitrogens with one attached hydrogen (secondary N) is 1. The molecule has 0 bridgehead atoms. The van der Waals surface area contributed by atoms with E-state index in [-0.39, 0.29) is 17.2 Å². The van der Waals surface area contributed by atoms with Gasteiger partial charge in [-0.05, 0) is 43.2 Å². The lowest BCUT2D eigenvalue weighted by Crippen LogP contribution is -2.24. The molecule has 1 amide bonds. The van der Waals surface area contributed by atoms with Crippen molar-refractivity contribution in [3.63, 3.8) is 0 Å². The molecule has 2 rings (SSSR count). The Morgan fingerprint density at radius 2 is 1.83 bits per heavy atom. The predicted molar refractivity (Wildman–Crippen MR) is 88.6 cm³/mol. The maximum absolute atomic E-state index is 12.0. The van der Waals surface area contributed by atoms with E-state index < -0.39 is 15.1 Å². The highest BCUT2D eigenvalue weighted by molar-refractivity contribution is 7.92. The first kappa shape index (κ1) is 17.1. The van der Waals surface area contributed by atoms with Gasteiger partial charge in [0.25, 0.3) is 0 Å². The topological polar surface area (TPSA) is 76.1 Å². The molecule has 0 aliphatic heterocycles. The van der Waals surface area contributed by atoms with Crippen LogP contribution in [0.25, 0.3) is 0 Å². The van der Waals surface area contributed by atoms with Crippen LogP contribution >= 0.6 is 0 Å². The molecule has 0 aliphatic rings. The van der Waals surface area contributed by atoms with Crippen LogP contribution in [-0.4, -0.2) is 24.6 Å². The van der Waals surface area contributed by atoms with E-state index in [1.807, 2.05) is 12.1 Å². The zero-order valence-electron chi connectivity index (χ0n) is 13.2. The Bertz CT molecular complexity index is 754. The molecule has 0 saturated heterocycles. The molecule has 1 aromatic carbocycles. The third-order valence-electron chi connectivity index (χ3n) is 3.45. The zero-order valence-corrected chi connectivity index (χ0v) is 14.0. The summed E-state index contributed by atoms with van der Waals surface area (Å²) in [5.41, 5.74) is 1.70. The molecule has 6 heteroatoms. The van der Waals surface area contributed by atoms with Crippen LogP contribution in [0.1, 0.15) is 25.0 Å². The van der Waals surface area contributed by atoms with Gasteiger partial charge in [0, 0.05) is 18.9 Å². The van der Waals surface area contributed by atoms with Crippen LogP contribution in [0.3, 0.4) is 0 Å². The van der Waals surface area contributed by atoms with Gasteiger partial charge in [-0.3, -0.25) is 9.78 Å². The van der Waals surface area contributed by atoms with E-state index in [9.17, 15) is 13.2 Å². The average Bonchev–Trinajstić information content (AvgIpc) is 2.54. The summed E-state index contributed by atoms with van der Waals surface area (Å²) in [6, 6.07) is 10.2. The first-order valence-electron chi connectivity index (χ1n) is 7.38. The Morgan fingerprint density at radius 3 is 2.39 bits per heavy atom. The highest BCUT2D eigenvalue weighted by Crippen LogP contribution is 2.16. The minimum absolute atomic E-state index is 0.117. The normalized spacial score (nSPS) is 11.4. The molecular formula is C17H20N2O3S. The fourth-order valence-electron chi connectivity index (χ4n) is 2.02. The Kier molecular flexibility index (Phi) is 5.50. The summed E-state index contributed by atoms with van der Waals surface area (Å²) >= 11 is 0. The number of pyridine rings is 1. The smallest absolute Gasteiger partial charge is 0.224 e. The van der Waals surface area contributed by atoms with Crippen molar-refractivity contribution in [2.24, 2.45) is 0 Å². The molecule has 1 aromatic heterocycles. The number of carbonyl (C=O) groups excluding carboxylic acids is 1. The Hall–Kier alpha value is -2.21. The minimum Gasteiger partial charge on any atom is -0.352 e. The van der Waals surface area contributed by atoms with Crippen molar-refractivity contribution in [3.8, 4) is 0 Å². The molecular weight excluding hydrogens is 312 g/mol. The standard InChI is InChI=1S/C17H20N2O3S/c1-13(2)23(21,22)16-7-5-14(6-8-16)10-17(20)19-12-15-4-3-9-18-11-15/h3-9,11,13H,10,12H2,1-2H3,(H,19,20). The van der Waals surface area contributed by atoms with Crippen molar-refractivity contribution in [2.75, 3.05) is 0 Å². The summed E-state index contributed by atoms with van der Waals surface area (Å²) in [5.74, 6) is -0.117. The minimum atomic E-state index is -3.28. The van der Waals surface area contributed by atoms with Crippen LogP contribution in [0.4, 0.5) is 0 Å². The quantitative estimate of drug-likeness (QED) is 0.879. The largest absolute Gasteiger partial charge is 0.352 e. The summed E-state index contributed by atoms with van der Waals surface area (Å²) in [5, 5.41) is 2.35. The molecule has 122 valence electrons. The van der Waals surface area contributed by atoms with Crippen LogP contribution in [0.5, 0.6) is 0 Å². The first-order chi connectivity index (χ1) is 10.9. The lowest BCUT2D eigenvalue weighted by atomic mass is 10.1. The van der Waals surface area contributed by atoms with Crippen LogP contribution in [0, 0.1) is 0 Å². The molecule has 0 spiro atoms. The lowest BCUT2D eigenvalue weighted by Gasteiger charge is -2.09. The van der Waals surface area contributed by atoms with Gasteiger partial charge >= 0.3 is 0 Å². The summed E-state index contributed by atoms with van der Waals surface area (Å²) in [4.78, 5) is 16.2. The zero-order chi connectivity index (χ0) is 16.9. The van der Waals surface area contributed by atoms with E-state index in [0.717, 1.165) is 11.1 Å². The van der Waals surface area contributed by atoms with Gasteiger partial charge in [0.2, 0.25) is 5.91 Å². The number of hydrogen-bond acceptors (Lipinski definition) is 4. The second-order valence-electron chi connectivity index (χ2n) is 5.55. The SMILES string of the molecule is CC(C)S(=O)(=O)c1ccc(CC(=O)NCc2cccnc2)cc1. The van der Waals surface area contributed by atoms with Gasteiger partial charge in [-0.2, -0.15) is 0 Å². The van der Waals surface area contributed by atoms with Gasteiger partial charge in [-0.1, -0.05) is 18.2 Å². The third-order valence-corrected chi connectivity index (χ3v) is 5.62. The average molecular weight is 332 g/mol. The summed E-state index contributed by atoms with van der Waals surface area (Å²) in [6.45, 7) is 3.72. The molecule has 5 nitrogen and oxygen atoms in total. The molecule has 0 aliphatic carbocycles. The highest BCUT2D eigenvalue weighted by atomic mass is 32.2. The maximum atomic E-state index is 12.0. The Labute approximate surface area is 136 Å². The van der Waals surface area contributed by atoms with Gasteiger partial charge in [-0.15, -0.1) is 0 Å². The number of nitrogens with zero attached hydrogens (tertiary/aromatic N) is 1.